The predicted molar refractivity (Wildman–Crippen MR) is 104 cm³/mol. The van der Waals surface area contributed by atoms with Crippen molar-refractivity contribution in [3.63, 3.8) is 0 Å². The molecule has 0 aliphatic carbocycles. The normalized spacial score (nSPS) is 11.4. The lowest BCUT2D eigenvalue weighted by atomic mass is 10.1. The van der Waals surface area contributed by atoms with Crippen molar-refractivity contribution in [2.24, 2.45) is 0 Å². The number of rotatable bonds is 17. The van der Waals surface area contributed by atoms with Crippen LogP contribution in [-0.4, -0.2) is 35.4 Å². The molecule has 2 N–H and O–H groups in total. The van der Waals surface area contributed by atoms with E-state index in [2.05, 4.69) is 13.5 Å². The van der Waals surface area contributed by atoms with Crippen LogP contribution in [0.25, 0.3) is 0 Å². The highest BCUT2D eigenvalue weighted by Gasteiger charge is 2.12. The van der Waals surface area contributed by atoms with E-state index < -0.39 is 11.9 Å². The molecule has 0 heterocycles. The molecule has 0 aromatic rings. The van der Waals surface area contributed by atoms with Gasteiger partial charge in [0.15, 0.2) is 0 Å². The van der Waals surface area contributed by atoms with Crippen LogP contribution in [0.3, 0.4) is 0 Å². The molecule has 0 atom stereocenters. The summed E-state index contributed by atoms with van der Waals surface area (Å²) in [5.41, 5.74) is 0.0901. The van der Waals surface area contributed by atoms with E-state index in [4.69, 9.17) is 14.9 Å². The van der Waals surface area contributed by atoms with E-state index in [1.807, 2.05) is 0 Å². The number of unbranched alkanes of at least 4 members (excludes halogenated alkanes) is 9. The lowest BCUT2D eigenvalue weighted by Gasteiger charge is -2.06. The predicted octanol–water partition coefficient (Wildman–Crippen LogP) is 4.79. The van der Waals surface area contributed by atoms with Gasteiger partial charge in [-0.05, 0) is 25.3 Å². The molecule has 0 rings (SSSR count). The molecule has 0 aromatic heterocycles. The average molecular weight is 369 g/mol. The maximum atomic E-state index is 11.8. The number of carboxylic acids is 1. The van der Waals surface area contributed by atoms with Crippen LogP contribution in [-0.2, 0) is 14.3 Å². The van der Waals surface area contributed by atoms with Crippen LogP contribution in [0, 0.1) is 0 Å². The number of carbonyl (C=O) groups excluding carboxylic acids is 1. The lowest BCUT2D eigenvalue weighted by Crippen LogP contribution is -2.09. The lowest BCUT2D eigenvalue weighted by molar-refractivity contribution is -0.138. The quantitative estimate of drug-likeness (QED) is 0.167. The maximum Gasteiger partial charge on any atom is 0.337 e. The highest BCUT2D eigenvalue weighted by Crippen LogP contribution is 2.12. The molecule has 150 valence electrons. The van der Waals surface area contributed by atoms with Gasteiger partial charge >= 0.3 is 11.9 Å². The van der Waals surface area contributed by atoms with Crippen molar-refractivity contribution in [2.75, 3.05) is 13.2 Å². The Hall–Kier alpha value is -1.62. The van der Waals surface area contributed by atoms with Crippen molar-refractivity contribution >= 4 is 11.9 Å². The summed E-state index contributed by atoms with van der Waals surface area (Å²) >= 11 is 0. The first kappa shape index (κ1) is 24.4. The topological polar surface area (TPSA) is 83.8 Å². The van der Waals surface area contributed by atoms with Crippen molar-refractivity contribution in [3.8, 4) is 0 Å². The van der Waals surface area contributed by atoms with Crippen LogP contribution < -0.4 is 0 Å². The van der Waals surface area contributed by atoms with Gasteiger partial charge in [-0.15, -0.1) is 0 Å². The number of carboxylic acid groups (broad SMARTS) is 1. The fraction of sp³-hybridized carbons (Fsp3) is 0.714. The molecule has 0 radical (unpaired) electrons. The fourth-order valence-corrected chi connectivity index (χ4v) is 2.63. The Kier molecular flexibility index (Phi) is 15.8. The van der Waals surface area contributed by atoms with E-state index in [0.29, 0.717) is 13.0 Å². The first-order valence-electron chi connectivity index (χ1n) is 9.93. The van der Waals surface area contributed by atoms with Gasteiger partial charge in [0.2, 0.25) is 0 Å². The minimum atomic E-state index is -1.11. The highest BCUT2D eigenvalue weighted by molar-refractivity contribution is 5.95. The molecular formula is C21H36O5. The zero-order valence-corrected chi connectivity index (χ0v) is 16.3. The van der Waals surface area contributed by atoms with Gasteiger partial charge in [-0.1, -0.05) is 71.3 Å². The first-order chi connectivity index (χ1) is 12.5. The van der Waals surface area contributed by atoms with Crippen LogP contribution in [0.15, 0.2) is 23.8 Å². The van der Waals surface area contributed by atoms with Crippen molar-refractivity contribution < 1.29 is 24.5 Å². The number of hydrogen-bond acceptors (Lipinski definition) is 4. The maximum absolute atomic E-state index is 11.8. The van der Waals surface area contributed by atoms with Gasteiger partial charge in [0.1, 0.15) is 0 Å². The third kappa shape index (κ3) is 13.6. The zero-order valence-electron chi connectivity index (χ0n) is 16.3. The molecule has 0 unspecified atom stereocenters. The van der Waals surface area contributed by atoms with Gasteiger partial charge in [0, 0.05) is 12.2 Å². The van der Waals surface area contributed by atoms with Gasteiger partial charge in [-0.25, -0.2) is 9.59 Å². The molecule has 0 aliphatic heterocycles. The Bertz CT molecular complexity index is 440. The molecule has 5 nitrogen and oxygen atoms in total. The molecule has 0 bridgehead atoms. The van der Waals surface area contributed by atoms with E-state index in [1.165, 1.54) is 51.0 Å². The molecule has 0 aliphatic rings. The summed E-state index contributed by atoms with van der Waals surface area (Å²) in [4.78, 5) is 22.9. The van der Waals surface area contributed by atoms with Gasteiger partial charge in [-0.3, -0.25) is 0 Å². The summed E-state index contributed by atoms with van der Waals surface area (Å²) in [5.74, 6) is -1.69. The highest BCUT2D eigenvalue weighted by atomic mass is 16.5. The Labute approximate surface area is 158 Å². The molecule has 26 heavy (non-hydrogen) atoms. The number of carbonyl (C=O) groups is 2. The minimum absolute atomic E-state index is 0.0346. The Morgan fingerprint density at radius 1 is 0.923 bits per heavy atom. The second-order valence-corrected chi connectivity index (χ2v) is 6.65. The van der Waals surface area contributed by atoms with E-state index in [1.54, 1.807) is 0 Å². The summed E-state index contributed by atoms with van der Waals surface area (Å²) in [6.07, 6.45) is 13.8. The van der Waals surface area contributed by atoms with Gasteiger partial charge in [0.05, 0.1) is 12.2 Å². The molecule has 0 saturated heterocycles. The summed E-state index contributed by atoms with van der Waals surface area (Å²) in [6, 6.07) is 0. The summed E-state index contributed by atoms with van der Waals surface area (Å²) in [7, 11) is 0. The molecular weight excluding hydrogens is 332 g/mol. The summed E-state index contributed by atoms with van der Waals surface area (Å²) in [5, 5.41) is 17.8. The molecule has 0 fully saturated rings. The van der Waals surface area contributed by atoms with Crippen LogP contribution in [0.1, 0.15) is 84.0 Å². The number of hydrogen-bond donors (Lipinski definition) is 2. The first-order valence-corrected chi connectivity index (χ1v) is 9.93. The van der Waals surface area contributed by atoms with E-state index in [0.717, 1.165) is 19.3 Å². The van der Waals surface area contributed by atoms with Gasteiger partial charge in [-0.2, -0.15) is 0 Å². The summed E-state index contributed by atoms with van der Waals surface area (Å²) in [6.45, 7) is 6.04. The third-order valence-corrected chi connectivity index (χ3v) is 4.22. The number of aliphatic hydroxyl groups excluding tert-OH is 1. The molecule has 0 amide bonds. The molecule has 0 aromatic carbocycles. The van der Waals surface area contributed by atoms with Crippen LogP contribution in [0.5, 0.6) is 0 Å². The van der Waals surface area contributed by atoms with Crippen molar-refractivity contribution in [1.29, 1.82) is 0 Å². The Morgan fingerprint density at radius 3 is 1.96 bits per heavy atom. The van der Waals surface area contributed by atoms with E-state index >= 15 is 0 Å². The molecule has 0 saturated carbocycles. The number of esters is 1. The largest absolute Gasteiger partial charge is 0.478 e. The second kappa shape index (κ2) is 16.8. The van der Waals surface area contributed by atoms with Crippen molar-refractivity contribution in [2.45, 2.75) is 84.0 Å². The minimum Gasteiger partial charge on any atom is -0.478 e. The number of aliphatic hydroxyl groups is 1. The third-order valence-electron chi connectivity index (χ3n) is 4.22. The second-order valence-electron chi connectivity index (χ2n) is 6.65. The average Bonchev–Trinajstić information content (AvgIpc) is 2.62. The fourth-order valence-electron chi connectivity index (χ4n) is 2.63. The van der Waals surface area contributed by atoms with Gasteiger partial charge < -0.3 is 14.9 Å². The number of ether oxygens (including phenoxy) is 1. The van der Waals surface area contributed by atoms with Gasteiger partial charge in [0.25, 0.3) is 0 Å². The standard InChI is InChI=1S/C21H36O5/c1-3-4-5-6-7-8-9-10-11-12-16-26-21(25)18(2)17-19(20(23)24)14-13-15-22/h17,22H,2-16H2,1H3,(H,23,24). The Morgan fingerprint density at radius 2 is 1.46 bits per heavy atom. The van der Waals surface area contributed by atoms with Crippen molar-refractivity contribution in [3.05, 3.63) is 23.8 Å². The molecule has 0 spiro atoms. The zero-order chi connectivity index (χ0) is 19.6. The SMILES string of the molecule is C=C(C=C(CCCO)C(=O)O)C(=O)OCCCCCCCCCCCC. The van der Waals surface area contributed by atoms with Crippen LogP contribution in [0.4, 0.5) is 0 Å². The Balaban J connectivity index is 3.80. The monoisotopic (exact) mass is 368 g/mol. The van der Waals surface area contributed by atoms with Crippen molar-refractivity contribution in [1.82, 2.24) is 0 Å². The van der Waals surface area contributed by atoms with E-state index in [-0.39, 0.29) is 24.2 Å². The smallest absolute Gasteiger partial charge is 0.337 e. The molecule has 5 heteroatoms. The van der Waals surface area contributed by atoms with Crippen LogP contribution in [0.2, 0.25) is 0 Å². The number of aliphatic carboxylic acids is 1. The summed E-state index contributed by atoms with van der Waals surface area (Å²) < 4.78 is 5.14. The van der Waals surface area contributed by atoms with E-state index in [9.17, 15) is 9.59 Å². The van der Waals surface area contributed by atoms with Crippen LogP contribution >= 0.6 is 0 Å².